The topological polar surface area (TPSA) is 116 Å². The molecule has 2 aromatic rings. The van der Waals surface area contributed by atoms with Crippen LogP contribution in [0, 0.1) is 0 Å². The van der Waals surface area contributed by atoms with Crippen molar-refractivity contribution in [2.24, 2.45) is 5.73 Å². The minimum Gasteiger partial charge on any atom is -0.386 e. The first-order valence-electron chi connectivity index (χ1n) is 4.45. The summed E-state index contributed by atoms with van der Waals surface area (Å²) in [6.07, 6.45) is 2.46. The molecule has 8 heteroatoms. The Kier molecular flexibility index (Phi) is 2.59. The van der Waals surface area contributed by atoms with Gasteiger partial charge in [-0.05, 0) is 13.0 Å². The van der Waals surface area contributed by atoms with Crippen LogP contribution in [-0.2, 0) is 6.54 Å². The molecule has 0 unspecified atom stereocenters. The molecule has 2 rings (SSSR count). The van der Waals surface area contributed by atoms with Gasteiger partial charge in [-0.15, -0.1) is 10.2 Å². The molecule has 0 fully saturated rings. The number of hydrogen-bond donors (Lipinski definition) is 2. The minimum atomic E-state index is -0.610. The minimum absolute atomic E-state index is 0.138. The molecule has 0 spiro atoms. The summed E-state index contributed by atoms with van der Waals surface area (Å²) in [6.45, 7) is 1.27. The molecular formula is C7H10N6O2. The zero-order chi connectivity index (χ0) is 10.7. The number of rotatable bonds is 4. The molecule has 3 N–H and O–H groups in total. The first kappa shape index (κ1) is 9.59. The molecule has 0 saturated heterocycles. The lowest BCUT2D eigenvalue weighted by Crippen LogP contribution is -2.06. The van der Waals surface area contributed by atoms with E-state index in [1.54, 1.807) is 10.9 Å². The molecule has 0 amide bonds. The number of H-pyrrole nitrogens is 1. The van der Waals surface area contributed by atoms with Crippen LogP contribution in [0.4, 0.5) is 0 Å². The van der Waals surface area contributed by atoms with E-state index in [-0.39, 0.29) is 5.89 Å². The van der Waals surface area contributed by atoms with Gasteiger partial charge in [0.2, 0.25) is 0 Å². The van der Waals surface area contributed by atoms with E-state index in [1.807, 2.05) is 0 Å². The van der Waals surface area contributed by atoms with E-state index in [2.05, 4.69) is 20.5 Å². The van der Waals surface area contributed by atoms with E-state index < -0.39 is 5.76 Å². The first-order chi connectivity index (χ1) is 7.29. The summed E-state index contributed by atoms with van der Waals surface area (Å²) in [5.41, 5.74) is 5.78. The van der Waals surface area contributed by atoms with Gasteiger partial charge in [0.25, 0.3) is 5.89 Å². The third-order valence-electron chi connectivity index (χ3n) is 1.79. The van der Waals surface area contributed by atoms with Gasteiger partial charge >= 0.3 is 5.76 Å². The van der Waals surface area contributed by atoms with Gasteiger partial charge in [0.05, 0.1) is 6.20 Å². The third-order valence-corrected chi connectivity index (χ3v) is 1.79. The summed E-state index contributed by atoms with van der Waals surface area (Å²) in [4.78, 5) is 10.7. The Bertz CT molecular complexity index is 483. The van der Waals surface area contributed by atoms with E-state index in [0.29, 0.717) is 18.8 Å². The highest BCUT2D eigenvalue weighted by atomic mass is 16.4. The van der Waals surface area contributed by atoms with Gasteiger partial charge < -0.3 is 10.2 Å². The smallest absolute Gasteiger partial charge is 0.386 e. The molecule has 2 heterocycles. The summed E-state index contributed by atoms with van der Waals surface area (Å²) in [5, 5.41) is 13.4. The standard InChI is InChI=1S/C7H10N6O2/c8-2-1-3-13-4-5(9-12-13)6-10-11-7(14)15-6/h4H,1-3,8H2,(H,11,14). The molecule has 2 aromatic heterocycles. The molecule has 80 valence electrons. The SMILES string of the molecule is NCCCn1cc(-c2n[nH]c(=O)o2)nn1. The highest BCUT2D eigenvalue weighted by molar-refractivity contribution is 5.42. The maximum atomic E-state index is 10.7. The lowest BCUT2D eigenvalue weighted by molar-refractivity contribution is 0.525. The van der Waals surface area contributed by atoms with Crippen LogP contribution in [0.3, 0.4) is 0 Å². The Morgan fingerprint density at radius 1 is 1.60 bits per heavy atom. The zero-order valence-corrected chi connectivity index (χ0v) is 7.88. The molecule has 0 saturated carbocycles. The fourth-order valence-corrected chi connectivity index (χ4v) is 1.10. The van der Waals surface area contributed by atoms with Crippen molar-refractivity contribution in [2.45, 2.75) is 13.0 Å². The Hall–Kier alpha value is -1.96. The molecule has 8 nitrogen and oxygen atoms in total. The molecule has 0 aliphatic heterocycles. The zero-order valence-electron chi connectivity index (χ0n) is 7.88. The number of hydrogen-bond acceptors (Lipinski definition) is 6. The van der Waals surface area contributed by atoms with Gasteiger partial charge in [-0.3, -0.25) is 4.68 Å². The van der Waals surface area contributed by atoms with E-state index in [9.17, 15) is 4.79 Å². The Morgan fingerprint density at radius 3 is 3.13 bits per heavy atom. The fourth-order valence-electron chi connectivity index (χ4n) is 1.10. The van der Waals surface area contributed by atoms with Crippen molar-refractivity contribution in [3.63, 3.8) is 0 Å². The van der Waals surface area contributed by atoms with Crippen LogP contribution in [0.1, 0.15) is 6.42 Å². The lowest BCUT2D eigenvalue weighted by Gasteiger charge is -1.94. The highest BCUT2D eigenvalue weighted by Gasteiger charge is 2.09. The lowest BCUT2D eigenvalue weighted by atomic mass is 10.4. The van der Waals surface area contributed by atoms with Crippen molar-refractivity contribution in [2.75, 3.05) is 6.54 Å². The average Bonchev–Trinajstić information content (AvgIpc) is 2.83. The fraction of sp³-hybridized carbons (Fsp3) is 0.429. The van der Waals surface area contributed by atoms with E-state index in [1.165, 1.54) is 0 Å². The van der Waals surface area contributed by atoms with Gasteiger partial charge in [0.15, 0.2) is 5.69 Å². The Labute approximate surface area is 84.1 Å². The largest absolute Gasteiger partial charge is 0.434 e. The summed E-state index contributed by atoms with van der Waals surface area (Å²) in [6, 6.07) is 0. The van der Waals surface area contributed by atoms with Crippen molar-refractivity contribution in [1.82, 2.24) is 25.2 Å². The Balaban J connectivity index is 2.16. The normalized spacial score (nSPS) is 10.7. The number of aryl methyl sites for hydroxylation is 1. The predicted octanol–water partition coefficient (Wildman–Crippen LogP) is -1.03. The van der Waals surface area contributed by atoms with Crippen LogP contribution in [-0.4, -0.2) is 31.7 Å². The maximum absolute atomic E-state index is 10.7. The molecule has 0 aliphatic rings. The summed E-state index contributed by atoms with van der Waals surface area (Å²) < 4.78 is 6.35. The average molecular weight is 210 g/mol. The molecule has 0 aromatic carbocycles. The predicted molar refractivity (Wildman–Crippen MR) is 49.8 cm³/mol. The molecular weight excluding hydrogens is 200 g/mol. The number of aromatic nitrogens is 5. The van der Waals surface area contributed by atoms with Gasteiger partial charge in [-0.25, -0.2) is 9.89 Å². The van der Waals surface area contributed by atoms with Crippen molar-refractivity contribution in [3.05, 3.63) is 16.7 Å². The Morgan fingerprint density at radius 2 is 2.47 bits per heavy atom. The van der Waals surface area contributed by atoms with Crippen LogP contribution in [0.5, 0.6) is 0 Å². The van der Waals surface area contributed by atoms with Crippen LogP contribution in [0.25, 0.3) is 11.6 Å². The first-order valence-corrected chi connectivity index (χ1v) is 4.45. The van der Waals surface area contributed by atoms with E-state index in [4.69, 9.17) is 10.2 Å². The van der Waals surface area contributed by atoms with Crippen LogP contribution in [0.2, 0.25) is 0 Å². The second kappa shape index (κ2) is 4.05. The molecule has 0 aliphatic carbocycles. The van der Waals surface area contributed by atoms with Crippen LogP contribution < -0.4 is 11.5 Å². The number of nitrogens with zero attached hydrogens (tertiary/aromatic N) is 4. The molecule has 15 heavy (non-hydrogen) atoms. The molecule has 0 bridgehead atoms. The summed E-state index contributed by atoms with van der Waals surface area (Å²) in [7, 11) is 0. The van der Waals surface area contributed by atoms with Crippen molar-refractivity contribution >= 4 is 0 Å². The second-order valence-corrected chi connectivity index (χ2v) is 2.93. The molecule has 0 atom stereocenters. The third kappa shape index (κ3) is 2.10. The van der Waals surface area contributed by atoms with Gasteiger partial charge in [0.1, 0.15) is 0 Å². The van der Waals surface area contributed by atoms with Crippen molar-refractivity contribution in [1.29, 1.82) is 0 Å². The number of nitrogens with one attached hydrogen (secondary N) is 1. The monoisotopic (exact) mass is 210 g/mol. The number of nitrogens with two attached hydrogens (primary N) is 1. The number of aromatic amines is 1. The highest BCUT2D eigenvalue weighted by Crippen LogP contribution is 2.09. The molecule has 0 radical (unpaired) electrons. The van der Waals surface area contributed by atoms with Crippen molar-refractivity contribution < 1.29 is 4.42 Å². The van der Waals surface area contributed by atoms with Crippen LogP contribution >= 0.6 is 0 Å². The quantitative estimate of drug-likeness (QED) is 0.666. The van der Waals surface area contributed by atoms with Gasteiger partial charge in [0, 0.05) is 6.54 Å². The second-order valence-electron chi connectivity index (χ2n) is 2.93. The summed E-state index contributed by atoms with van der Waals surface area (Å²) in [5.74, 6) is -0.472. The van der Waals surface area contributed by atoms with Crippen molar-refractivity contribution in [3.8, 4) is 11.6 Å². The van der Waals surface area contributed by atoms with Gasteiger partial charge in [-0.2, -0.15) is 0 Å². The van der Waals surface area contributed by atoms with E-state index in [0.717, 1.165) is 6.42 Å². The summed E-state index contributed by atoms with van der Waals surface area (Å²) >= 11 is 0. The maximum Gasteiger partial charge on any atom is 0.434 e. The van der Waals surface area contributed by atoms with Crippen LogP contribution in [0.15, 0.2) is 15.4 Å². The van der Waals surface area contributed by atoms with E-state index >= 15 is 0 Å². The van der Waals surface area contributed by atoms with Gasteiger partial charge in [-0.1, -0.05) is 5.21 Å².